The van der Waals surface area contributed by atoms with Gasteiger partial charge in [-0.05, 0) is 31.4 Å². The smallest absolute Gasteiger partial charge is 0.169 e. The van der Waals surface area contributed by atoms with Gasteiger partial charge in [0, 0.05) is 11.1 Å². The summed E-state index contributed by atoms with van der Waals surface area (Å²) >= 11 is 0. The van der Waals surface area contributed by atoms with E-state index in [4.69, 9.17) is 5.73 Å². The highest BCUT2D eigenvalue weighted by molar-refractivity contribution is 5.39. The first-order valence-corrected chi connectivity index (χ1v) is 5.81. The number of nitrogens with two attached hydrogens (primary N) is 1. The van der Waals surface area contributed by atoms with E-state index in [1.54, 1.807) is 6.07 Å². The highest BCUT2D eigenvalue weighted by Gasteiger charge is 2.33. The standard InChI is InChI=1S/C13H18FNO/c1-9-7-10(12(14)11(16)8-9)13(15)5-3-2-4-6-13/h7-8,16H,2-6,15H2,1H3. The predicted octanol–water partition coefficient (Wildman–Crippen LogP) is 2.96. The van der Waals surface area contributed by atoms with Crippen LogP contribution in [0.2, 0.25) is 0 Å². The van der Waals surface area contributed by atoms with E-state index in [0.29, 0.717) is 5.56 Å². The van der Waals surface area contributed by atoms with Crippen molar-refractivity contribution in [2.45, 2.75) is 44.6 Å². The van der Waals surface area contributed by atoms with Gasteiger partial charge in [0.25, 0.3) is 0 Å². The van der Waals surface area contributed by atoms with Gasteiger partial charge in [-0.15, -0.1) is 0 Å². The molecule has 0 spiro atoms. The summed E-state index contributed by atoms with van der Waals surface area (Å²) < 4.78 is 13.9. The Balaban J connectivity index is 2.45. The van der Waals surface area contributed by atoms with Crippen molar-refractivity contribution in [1.29, 1.82) is 0 Å². The quantitative estimate of drug-likeness (QED) is 0.768. The largest absolute Gasteiger partial charge is 0.505 e. The third-order valence-electron chi connectivity index (χ3n) is 3.48. The highest BCUT2D eigenvalue weighted by atomic mass is 19.1. The van der Waals surface area contributed by atoms with Crippen molar-refractivity contribution in [3.8, 4) is 5.75 Å². The third-order valence-corrected chi connectivity index (χ3v) is 3.48. The second kappa shape index (κ2) is 4.06. The molecule has 3 heteroatoms. The maximum absolute atomic E-state index is 13.9. The Hall–Kier alpha value is -1.09. The van der Waals surface area contributed by atoms with E-state index < -0.39 is 11.4 Å². The van der Waals surface area contributed by atoms with Gasteiger partial charge >= 0.3 is 0 Å². The number of halogens is 1. The lowest BCUT2D eigenvalue weighted by molar-refractivity contribution is 0.288. The summed E-state index contributed by atoms with van der Waals surface area (Å²) in [6.07, 6.45) is 4.83. The van der Waals surface area contributed by atoms with Crippen molar-refractivity contribution in [2.75, 3.05) is 0 Å². The van der Waals surface area contributed by atoms with E-state index in [-0.39, 0.29) is 5.75 Å². The summed E-state index contributed by atoms with van der Waals surface area (Å²) in [5, 5.41) is 9.50. The molecule has 0 heterocycles. The molecule has 88 valence electrons. The molecule has 1 aliphatic carbocycles. The molecule has 0 saturated heterocycles. The number of rotatable bonds is 1. The second-order valence-electron chi connectivity index (χ2n) is 4.86. The molecule has 1 fully saturated rings. The van der Waals surface area contributed by atoms with Gasteiger partial charge in [0.15, 0.2) is 11.6 Å². The number of hydrogen-bond acceptors (Lipinski definition) is 2. The lowest BCUT2D eigenvalue weighted by Gasteiger charge is -2.34. The monoisotopic (exact) mass is 223 g/mol. The topological polar surface area (TPSA) is 46.2 Å². The van der Waals surface area contributed by atoms with Crippen LogP contribution in [0, 0.1) is 12.7 Å². The van der Waals surface area contributed by atoms with Crippen LogP contribution in [0.25, 0.3) is 0 Å². The Morgan fingerprint density at radius 2 is 1.88 bits per heavy atom. The number of aromatic hydroxyl groups is 1. The van der Waals surface area contributed by atoms with Crippen LogP contribution in [0.15, 0.2) is 12.1 Å². The molecule has 0 aromatic heterocycles. The molecule has 0 bridgehead atoms. The van der Waals surface area contributed by atoms with Gasteiger partial charge in [-0.25, -0.2) is 4.39 Å². The zero-order valence-corrected chi connectivity index (χ0v) is 9.59. The van der Waals surface area contributed by atoms with Crippen molar-refractivity contribution in [1.82, 2.24) is 0 Å². The van der Waals surface area contributed by atoms with E-state index in [2.05, 4.69) is 0 Å². The number of aryl methyl sites for hydroxylation is 1. The van der Waals surface area contributed by atoms with Crippen molar-refractivity contribution in [3.63, 3.8) is 0 Å². The van der Waals surface area contributed by atoms with Gasteiger partial charge in [0.2, 0.25) is 0 Å². The van der Waals surface area contributed by atoms with Gasteiger partial charge in [-0.1, -0.05) is 25.3 Å². The third kappa shape index (κ3) is 1.92. The van der Waals surface area contributed by atoms with Crippen LogP contribution in [0.3, 0.4) is 0 Å². The van der Waals surface area contributed by atoms with Crippen LogP contribution in [0.5, 0.6) is 5.75 Å². The normalized spacial score (nSPS) is 19.7. The summed E-state index contributed by atoms with van der Waals surface area (Å²) in [6.45, 7) is 1.84. The van der Waals surface area contributed by atoms with E-state index in [0.717, 1.165) is 31.2 Å². The molecule has 2 nitrogen and oxygen atoms in total. The first kappa shape index (κ1) is 11.4. The fraction of sp³-hybridized carbons (Fsp3) is 0.538. The predicted molar refractivity (Wildman–Crippen MR) is 61.8 cm³/mol. The minimum absolute atomic E-state index is 0.287. The molecule has 0 aliphatic heterocycles. The molecule has 2 rings (SSSR count). The van der Waals surface area contributed by atoms with Crippen molar-refractivity contribution in [3.05, 3.63) is 29.1 Å². The molecule has 0 unspecified atom stereocenters. The Bertz CT molecular complexity index is 397. The molecule has 1 aromatic rings. The molecule has 1 aliphatic rings. The fourth-order valence-corrected chi connectivity index (χ4v) is 2.56. The number of phenolic OH excluding ortho intramolecular Hbond substituents is 1. The molecular formula is C13H18FNO. The number of benzene rings is 1. The van der Waals surface area contributed by atoms with Gasteiger partial charge in [0.1, 0.15) is 0 Å². The first-order valence-electron chi connectivity index (χ1n) is 5.81. The Morgan fingerprint density at radius 1 is 1.25 bits per heavy atom. The van der Waals surface area contributed by atoms with Crippen LogP contribution in [-0.4, -0.2) is 5.11 Å². The van der Waals surface area contributed by atoms with Gasteiger partial charge < -0.3 is 10.8 Å². The molecule has 3 N–H and O–H groups in total. The minimum atomic E-state index is -0.591. The Morgan fingerprint density at radius 3 is 2.50 bits per heavy atom. The zero-order chi connectivity index (χ0) is 11.8. The number of hydrogen-bond donors (Lipinski definition) is 2. The molecule has 1 saturated carbocycles. The van der Waals surface area contributed by atoms with Gasteiger partial charge in [-0.2, -0.15) is 0 Å². The van der Waals surface area contributed by atoms with E-state index in [1.165, 1.54) is 12.5 Å². The second-order valence-corrected chi connectivity index (χ2v) is 4.86. The Labute approximate surface area is 95.3 Å². The van der Waals surface area contributed by atoms with Crippen LogP contribution in [0.1, 0.15) is 43.2 Å². The number of phenols is 1. The average Bonchev–Trinajstić information content (AvgIpc) is 2.24. The molecule has 16 heavy (non-hydrogen) atoms. The van der Waals surface area contributed by atoms with E-state index in [9.17, 15) is 9.50 Å². The first-order chi connectivity index (χ1) is 7.53. The van der Waals surface area contributed by atoms with E-state index in [1.807, 2.05) is 6.92 Å². The maximum atomic E-state index is 13.9. The van der Waals surface area contributed by atoms with Crippen LogP contribution in [0.4, 0.5) is 4.39 Å². The van der Waals surface area contributed by atoms with E-state index >= 15 is 0 Å². The molecule has 0 atom stereocenters. The Kier molecular flexibility index (Phi) is 2.89. The van der Waals surface area contributed by atoms with Crippen LogP contribution < -0.4 is 5.73 Å². The van der Waals surface area contributed by atoms with Gasteiger partial charge in [-0.3, -0.25) is 0 Å². The lowest BCUT2D eigenvalue weighted by atomic mass is 9.77. The summed E-state index contributed by atoms with van der Waals surface area (Å²) in [5.74, 6) is -0.833. The highest BCUT2D eigenvalue weighted by Crippen LogP contribution is 2.38. The van der Waals surface area contributed by atoms with Crippen molar-refractivity contribution < 1.29 is 9.50 Å². The summed E-state index contributed by atoms with van der Waals surface area (Å²) in [7, 11) is 0. The van der Waals surface area contributed by atoms with Crippen LogP contribution >= 0.6 is 0 Å². The van der Waals surface area contributed by atoms with Crippen LogP contribution in [-0.2, 0) is 5.54 Å². The minimum Gasteiger partial charge on any atom is -0.505 e. The summed E-state index contributed by atoms with van der Waals surface area (Å²) in [6, 6.07) is 3.20. The fourth-order valence-electron chi connectivity index (χ4n) is 2.56. The van der Waals surface area contributed by atoms with Gasteiger partial charge in [0.05, 0.1) is 0 Å². The molecule has 0 radical (unpaired) electrons. The molecule has 0 amide bonds. The van der Waals surface area contributed by atoms with Crippen molar-refractivity contribution >= 4 is 0 Å². The average molecular weight is 223 g/mol. The summed E-state index contributed by atoms with van der Waals surface area (Å²) in [4.78, 5) is 0. The molecule has 1 aromatic carbocycles. The zero-order valence-electron chi connectivity index (χ0n) is 9.59. The van der Waals surface area contributed by atoms with Crippen molar-refractivity contribution in [2.24, 2.45) is 5.73 Å². The maximum Gasteiger partial charge on any atom is 0.169 e. The lowest BCUT2D eigenvalue weighted by Crippen LogP contribution is -2.39. The molecular weight excluding hydrogens is 205 g/mol. The SMILES string of the molecule is Cc1cc(O)c(F)c(C2(N)CCCCC2)c1. The summed E-state index contributed by atoms with van der Waals surface area (Å²) in [5.41, 5.74) is 7.00.